The van der Waals surface area contributed by atoms with Crippen molar-refractivity contribution in [3.05, 3.63) is 47.4 Å². The summed E-state index contributed by atoms with van der Waals surface area (Å²) in [6, 6.07) is 5.57. The van der Waals surface area contributed by atoms with Crippen molar-refractivity contribution in [1.29, 1.82) is 0 Å². The van der Waals surface area contributed by atoms with Crippen molar-refractivity contribution >= 4 is 28.0 Å². The number of anilines is 1. The fraction of sp³-hybridized carbons (Fsp3) is 0.500. The normalized spacial score (nSPS) is 14.1. The molecule has 37 heavy (non-hydrogen) atoms. The zero-order valence-electron chi connectivity index (χ0n) is 22.3. The Kier molecular flexibility index (Phi) is 9.92. The molecule has 1 heterocycles. The molecule has 0 aliphatic rings. The lowest BCUT2D eigenvalue weighted by Crippen LogP contribution is -2.28. The van der Waals surface area contributed by atoms with Crippen LogP contribution >= 0.6 is 0 Å². The molecule has 0 aliphatic heterocycles. The molecule has 0 amide bonds. The number of ether oxygens (including phenoxy) is 1. The molecule has 2 aromatic rings. The van der Waals surface area contributed by atoms with Gasteiger partial charge in [0.25, 0.3) is 0 Å². The minimum atomic E-state index is -3.65. The molecule has 2 N–H and O–H groups in total. The van der Waals surface area contributed by atoms with E-state index in [4.69, 9.17) is 4.74 Å². The Morgan fingerprint density at radius 2 is 1.76 bits per heavy atom. The number of aliphatic hydroxyl groups excluding tert-OH is 2. The summed E-state index contributed by atoms with van der Waals surface area (Å²) >= 11 is 0. The van der Waals surface area contributed by atoms with Crippen LogP contribution in [-0.4, -0.2) is 65.7 Å². The largest absolute Gasteiger partial charge is 0.460 e. The van der Waals surface area contributed by atoms with Gasteiger partial charge in [0.1, 0.15) is 11.4 Å². The first-order valence-corrected chi connectivity index (χ1v) is 13.7. The van der Waals surface area contributed by atoms with Gasteiger partial charge in [0, 0.05) is 24.6 Å². The van der Waals surface area contributed by atoms with Gasteiger partial charge in [-0.2, -0.15) is 0 Å². The molecule has 1 aromatic carbocycles. The third-order valence-corrected chi connectivity index (χ3v) is 6.39. The lowest BCUT2D eigenvalue weighted by Gasteiger charge is -2.21. The molecule has 0 bridgehead atoms. The van der Waals surface area contributed by atoms with E-state index in [9.17, 15) is 27.8 Å². The highest BCUT2D eigenvalue weighted by Crippen LogP contribution is 2.31. The van der Waals surface area contributed by atoms with Gasteiger partial charge in [-0.25, -0.2) is 27.1 Å². The van der Waals surface area contributed by atoms with E-state index in [1.807, 2.05) is 13.8 Å². The average molecular weight is 538 g/mol. The van der Waals surface area contributed by atoms with Crippen molar-refractivity contribution in [3.63, 3.8) is 0 Å². The van der Waals surface area contributed by atoms with Crippen molar-refractivity contribution < 1.29 is 32.6 Å². The van der Waals surface area contributed by atoms with Crippen molar-refractivity contribution in [1.82, 2.24) is 9.97 Å². The zero-order valence-corrected chi connectivity index (χ0v) is 23.1. The van der Waals surface area contributed by atoms with E-state index in [0.29, 0.717) is 22.5 Å². The lowest BCUT2D eigenvalue weighted by atomic mass is 9.97. The molecular weight excluding hydrogens is 501 g/mol. The molecule has 2 atom stereocenters. The molecule has 0 fully saturated rings. The minimum absolute atomic E-state index is 0.0454. The summed E-state index contributed by atoms with van der Waals surface area (Å²) in [5.74, 6) is -1.22. The van der Waals surface area contributed by atoms with E-state index in [2.05, 4.69) is 9.97 Å². The number of hydrogen-bond donors (Lipinski definition) is 2. The molecule has 0 saturated carbocycles. The van der Waals surface area contributed by atoms with Gasteiger partial charge in [0.15, 0.2) is 0 Å². The monoisotopic (exact) mass is 537 g/mol. The highest BCUT2D eigenvalue weighted by molar-refractivity contribution is 7.92. The van der Waals surface area contributed by atoms with Gasteiger partial charge in [0.2, 0.25) is 16.0 Å². The maximum atomic E-state index is 13.6. The fourth-order valence-corrected chi connectivity index (χ4v) is 3.80. The summed E-state index contributed by atoms with van der Waals surface area (Å²) < 4.78 is 44.1. The minimum Gasteiger partial charge on any atom is -0.460 e. The van der Waals surface area contributed by atoms with Crippen LogP contribution in [0.1, 0.15) is 64.6 Å². The van der Waals surface area contributed by atoms with Gasteiger partial charge in [-0.15, -0.1) is 0 Å². The van der Waals surface area contributed by atoms with E-state index in [0.717, 1.165) is 10.6 Å². The predicted octanol–water partition coefficient (Wildman–Crippen LogP) is 3.66. The van der Waals surface area contributed by atoms with Crippen LogP contribution in [0.3, 0.4) is 0 Å². The number of sulfonamides is 1. The lowest BCUT2D eigenvalue weighted by molar-refractivity contribution is -0.157. The third-order valence-electron chi connectivity index (χ3n) is 5.23. The van der Waals surface area contributed by atoms with Gasteiger partial charge in [0.05, 0.1) is 36.3 Å². The van der Waals surface area contributed by atoms with Crippen LogP contribution in [-0.2, 0) is 19.6 Å². The first-order chi connectivity index (χ1) is 17.0. The first-order valence-electron chi connectivity index (χ1n) is 11.9. The van der Waals surface area contributed by atoms with Crippen molar-refractivity contribution in [3.8, 4) is 11.3 Å². The number of hydrogen-bond acceptors (Lipinski definition) is 8. The van der Waals surface area contributed by atoms with E-state index in [1.165, 1.54) is 37.4 Å². The Labute approximate surface area is 218 Å². The molecule has 1 aromatic heterocycles. The highest BCUT2D eigenvalue weighted by atomic mass is 32.2. The number of halogens is 1. The van der Waals surface area contributed by atoms with Crippen molar-refractivity contribution in [2.45, 2.75) is 71.2 Å². The number of carbonyl (C=O) groups excluding carboxylic acids is 1. The maximum Gasteiger partial charge on any atom is 0.308 e. The second kappa shape index (κ2) is 12.1. The number of esters is 1. The molecular formula is C26H36FN3O6S. The Morgan fingerprint density at radius 1 is 1.16 bits per heavy atom. The number of nitrogens with zero attached hydrogens (tertiary/aromatic N) is 3. The highest BCUT2D eigenvalue weighted by Gasteiger charge is 2.23. The molecule has 0 aliphatic carbocycles. The van der Waals surface area contributed by atoms with Crippen LogP contribution in [0.15, 0.2) is 30.3 Å². The van der Waals surface area contributed by atoms with Crippen LogP contribution in [0.5, 0.6) is 0 Å². The Morgan fingerprint density at radius 3 is 2.27 bits per heavy atom. The van der Waals surface area contributed by atoms with E-state index < -0.39 is 39.6 Å². The number of benzene rings is 1. The van der Waals surface area contributed by atoms with E-state index in [-0.39, 0.29) is 24.7 Å². The van der Waals surface area contributed by atoms with Gasteiger partial charge < -0.3 is 14.9 Å². The molecule has 0 spiro atoms. The van der Waals surface area contributed by atoms with Crippen LogP contribution in [0.2, 0.25) is 0 Å². The quantitative estimate of drug-likeness (QED) is 0.439. The van der Waals surface area contributed by atoms with E-state index in [1.54, 1.807) is 26.8 Å². The maximum absolute atomic E-state index is 13.6. The topological polar surface area (TPSA) is 130 Å². The number of aromatic nitrogens is 2. The Hall–Kier alpha value is -2.89. The van der Waals surface area contributed by atoms with E-state index >= 15 is 0 Å². The third kappa shape index (κ3) is 9.17. The molecule has 2 rings (SSSR count). The number of carbonyl (C=O) groups is 1. The summed E-state index contributed by atoms with van der Waals surface area (Å²) in [6.45, 7) is 8.92. The molecule has 0 radical (unpaired) electrons. The number of rotatable bonds is 10. The fourth-order valence-electron chi connectivity index (χ4n) is 3.42. The van der Waals surface area contributed by atoms with Gasteiger partial charge in [-0.05, 0) is 51.0 Å². The summed E-state index contributed by atoms with van der Waals surface area (Å²) in [6.07, 6.45) is 1.44. The predicted molar refractivity (Wildman–Crippen MR) is 141 cm³/mol. The Balaban J connectivity index is 2.45. The molecule has 9 nitrogen and oxygen atoms in total. The van der Waals surface area contributed by atoms with Crippen LogP contribution in [0, 0.1) is 5.82 Å². The summed E-state index contributed by atoms with van der Waals surface area (Å²) in [7, 11) is -2.31. The average Bonchev–Trinajstić information content (AvgIpc) is 2.75. The second-order valence-electron chi connectivity index (χ2n) is 10.2. The van der Waals surface area contributed by atoms with Crippen molar-refractivity contribution in [2.24, 2.45) is 0 Å². The first kappa shape index (κ1) is 30.3. The molecule has 0 unspecified atom stereocenters. The van der Waals surface area contributed by atoms with Crippen LogP contribution in [0.4, 0.5) is 10.3 Å². The van der Waals surface area contributed by atoms with Crippen LogP contribution in [0.25, 0.3) is 17.3 Å². The standard InChI is InChI=1S/C26H36FN3O6S/c1-16(2)23-21(13-12-19(31)14-20(32)15-22(33)36-26(3,4)5)24(17-8-10-18(27)11-9-17)29-25(28-23)30(6)37(7,34)35/h8-13,16,19-20,31-32H,14-15H2,1-7H3/t19-,20-/m1/s1. The smallest absolute Gasteiger partial charge is 0.308 e. The molecule has 0 saturated heterocycles. The zero-order chi connectivity index (χ0) is 28.1. The summed E-state index contributed by atoms with van der Waals surface area (Å²) in [4.78, 5) is 20.9. The Bertz CT molecular complexity index is 1220. The summed E-state index contributed by atoms with van der Waals surface area (Å²) in [5, 5.41) is 20.8. The molecule has 204 valence electrons. The SMILES string of the molecule is CC(C)c1nc(N(C)S(C)(=O)=O)nc(-c2ccc(F)cc2)c1C=C[C@@H](O)C[C@@H](O)CC(=O)OC(C)(C)C. The summed E-state index contributed by atoms with van der Waals surface area (Å²) in [5.41, 5.74) is 1.21. The van der Waals surface area contributed by atoms with Gasteiger partial charge >= 0.3 is 5.97 Å². The molecule has 11 heteroatoms. The number of aliphatic hydroxyl groups is 2. The second-order valence-corrected chi connectivity index (χ2v) is 12.2. The van der Waals surface area contributed by atoms with Crippen LogP contribution < -0.4 is 4.31 Å². The van der Waals surface area contributed by atoms with Gasteiger partial charge in [-0.3, -0.25) is 4.79 Å². The van der Waals surface area contributed by atoms with Gasteiger partial charge in [-0.1, -0.05) is 26.0 Å². The van der Waals surface area contributed by atoms with Crippen molar-refractivity contribution in [2.75, 3.05) is 17.6 Å².